The molecule has 4 atom stereocenters. The Bertz CT molecular complexity index is 1540. The van der Waals surface area contributed by atoms with E-state index in [2.05, 4.69) is 35.5 Å². The third-order valence-corrected chi connectivity index (χ3v) is 8.02. The Morgan fingerprint density at radius 3 is 2.56 bits per heavy atom. The molecule has 2 aliphatic heterocycles. The molecule has 228 valence electrons. The molecular formula is C28H33FN8O6. The lowest BCUT2D eigenvalue weighted by atomic mass is 10.1. The summed E-state index contributed by atoms with van der Waals surface area (Å²) in [6, 6.07) is 4.23. The van der Waals surface area contributed by atoms with E-state index in [1.54, 1.807) is 26.0 Å². The van der Waals surface area contributed by atoms with Gasteiger partial charge in [-0.15, -0.1) is 0 Å². The van der Waals surface area contributed by atoms with Crippen molar-refractivity contribution in [3.8, 4) is 0 Å². The van der Waals surface area contributed by atoms with Crippen molar-refractivity contribution >= 4 is 29.2 Å². The highest BCUT2D eigenvalue weighted by atomic mass is 19.1. The van der Waals surface area contributed by atoms with Crippen molar-refractivity contribution in [1.29, 1.82) is 0 Å². The molecule has 2 aliphatic rings. The van der Waals surface area contributed by atoms with Crippen molar-refractivity contribution in [3.63, 3.8) is 0 Å². The Kier molecular flexibility index (Phi) is 8.80. The molecule has 1 aromatic carbocycles. The van der Waals surface area contributed by atoms with Gasteiger partial charge in [-0.2, -0.15) is 0 Å². The number of carboxylic acids is 1. The molecule has 1 amide bonds. The molecule has 2 aromatic heterocycles. The number of carbonyl (C=O) groups is 3. The fourth-order valence-corrected chi connectivity index (χ4v) is 5.77. The zero-order valence-electron chi connectivity index (χ0n) is 23.8. The summed E-state index contributed by atoms with van der Waals surface area (Å²) in [6.45, 7) is 4.76. The van der Waals surface area contributed by atoms with Gasteiger partial charge in [-0.25, -0.2) is 14.0 Å². The first-order chi connectivity index (χ1) is 20.6. The number of nitrogens with zero attached hydrogens (tertiary/aromatic N) is 6. The van der Waals surface area contributed by atoms with E-state index in [9.17, 15) is 28.7 Å². The van der Waals surface area contributed by atoms with Gasteiger partial charge in [0.25, 0.3) is 5.56 Å². The Balaban J connectivity index is 1.23. The molecule has 5 rings (SSSR count). The first-order valence-electron chi connectivity index (χ1n) is 14.0. The summed E-state index contributed by atoms with van der Waals surface area (Å²) in [5.41, 5.74) is 1.39. The molecule has 14 nitrogen and oxygen atoms in total. The van der Waals surface area contributed by atoms with Gasteiger partial charge in [0.1, 0.15) is 23.2 Å². The zero-order chi connectivity index (χ0) is 30.7. The fourth-order valence-electron chi connectivity index (χ4n) is 5.77. The van der Waals surface area contributed by atoms with Crippen LogP contribution in [0.5, 0.6) is 0 Å². The maximum Gasteiger partial charge on any atom is 0.305 e. The summed E-state index contributed by atoms with van der Waals surface area (Å²) in [4.78, 5) is 59.8. The molecule has 2 fully saturated rings. The zero-order valence-corrected chi connectivity index (χ0v) is 23.8. The number of piperazine rings is 1. The van der Waals surface area contributed by atoms with Crippen molar-refractivity contribution in [2.75, 3.05) is 29.9 Å². The molecule has 0 spiro atoms. The first-order valence-corrected chi connectivity index (χ1v) is 14.0. The van der Waals surface area contributed by atoms with Gasteiger partial charge in [-0.1, -0.05) is 17.2 Å². The Labute approximate surface area is 245 Å². The molecule has 2 saturated heterocycles. The number of fused-ring (bicyclic) bond motifs is 2. The van der Waals surface area contributed by atoms with E-state index in [0.717, 1.165) is 12.1 Å². The molecule has 0 saturated carbocycles. The van der Waals surface area contributed by atoms with Crippen LogP contribution in [0.4, 0.5) is 15.9 Å². The Morgan fingerprint density at radius 1 is 1.16 bits per heavy atom. The SMILES string of the molecule is CCC(C(=O)NC(CC(=O)O)C(=O)CN1CC2CC1CN2c1ccc(F)cc1)n1ccnc(NCc2nonc2C)c1=O. The number of anilines is 2. The van der Waals surface area contributed by atoms with Crippen molar-refractivity contribution in [3.05, 3.63) is 64.2 Å². The highest BCUT2D eigenvalue weighted by Gasteiger charge is 2.44. The molecule has 0 aliphatic carbocycles. The number of hydrogen-bond donors (Lipinski definition) is 3. The second-order valence-corrected chi connectivity index (χ2v) is 10.8. The van der Waals surface area contributed by atoms with Crippen LogP contribution in [0.25, 0.3) is 0 Å². The van der Waals surface area contributed by atoms with Crippen LogP contribution in [0.2, 0.25) is 0 Å². The number of hydrogen-bond acceptors (Lipinski definition) is 11. The minimum absolute atomic E-state index is 0.0203. The van der Waals surface area contributed by atoms with E-state index < -0.39 is 41.7 Å². The van der Waals surface area contributed by atoms with Crippen LogP contribution in [0.1, 0.15) is 43.6 Å². The molecule has 0 radical (unpaired) electrons. The lowest BCUT2D eigenvalue weighted by molar-refractivity contribution is -0.140. The van der Waals surface area contributed by atoms with Crippen LogP contribution in [0.3, 0.4) is 0 Å². The van der Waals surface area contributed by atoms with E-state index in [1.807, 2.05) is 4.90 Å². The van der Waals surface area contributed by atoms with Gasteiger partial charge in [0, 0.05) is 43.3 Å². The number of ketones is 1. The van der Waals surface area contributed by atoms with Crippen LogP contribution in [0.15, 0.2) is 46.1 Å². The maximum atomic E-state index is 13.4. The molecule has 4 heterocycles. The summed E-state index contributed by atoms with van der Waals surface area (Å²) in [5.74, 6) is -2.63. The number of aryl methyl sites for hydroxylation is 1. The summed E-state index contributed by atoms with van der Waals surface area (Å²) in [6.07, 6.45) is 3.17. The highest BCUT2D eigenvalue weighted by Crippen LogP contribution is 2.34. The molecule has 2 bridgehead atoms. The number of amides is 1. The summed E-state index contributed by atoms with van der Waals surface area (Å²) >= 11 is 0. The second kappa shape index (κ2) is 12.7. The smallest absolute Gasteiger partial charge is 0.305 e. The van der Waals surface area contributed by atoms with Gasteiger partial charge in [-0.05, 0) is 44.0 Å². The van der Waals surface area contributed by atoms with Crippen molar-refractivity contribution < 1.29 is 28.5 Å². The molecule has 43 heavy (non-hydrogen) atoms. The minimum Gasteiger partial charge on any atom is -0.481 e. The Hall–Kier alpha value is -4.66. The monoisotopic (exact) mass is 596 g/mol. The topological polar surface area (TPSA) is 176 Å². The molecule has 15 heteroatoms. The summed E-state index contributed by atoms with van der Waals surface area (Å²) in [5, 5.41) is 22.4. The van der Waals surface area contributed by atoms with Crippen LogP contribution >= 0.6 is 0 Å². The lowest BCUT2D eigenvalue weighted by Crippen LogP contribution is -2.52. The normalized spacial score (nSPS) is 19.3. The predicted molar refractivity (Wildman–Crippen MR) is 151 cm³/mol. The van der Waals surface area contributed by atoms with E-state index in [0.29, 0.717) is 24.5 Å². The maximum absolute atomic E-state index is 13.4. The van der Waals surface area contributed by atoms with Gasteiger partial charge >= 0.3 is 5.97 Å². The number of carboxylic acid groups (broad SMARTS) is 1. The number of aliphatic carboxylic acids is 1. The van der Waals surface area contributed by atoms with Crippen LogP contribution in [-0.2, 0) is 20.9 Å². The fraction of sp³-hybridized carbons (Fsp3) is 0.464. The van der Waals surface area contributed by atoms with Crippen molar-refractivity contribution in [1.82, 2.24) is 30.1 Å². The van der Waals surface area contributed by atoms with Gasteiger partial charge in [0.2, 0.25) is 5.91 Å². The Morgan fingerprint density at radius 2 is 1.93 bits per heavy atom. The molecule has 3 aromatic rings. The number of halogens is 1. The third-order valence-electron chi connectivity index (χ3n) is 8.02. The number of Topliss-reactive ketones (excluding diaryl/α,β-unsaturated/α-hetero) is 1. The van der Waals surface area contributed by atoms with Crippen molar-refractivity contribution in [2.24, 2.45) is 0 Å². The molecule has 4 unspecified atom stereocenters. The number of benzene rings is 1. The summed E-state index contributed by atoms with van der Waals surface area (Å²) < 4.78 is 19.2. The van der Waals surface area contributed by atoms with Gasteiger partial charge in [0.15, 0.2) is 11.6 Å². The number of nitrogens with one attached hydrogen (secondary N) is 2. The van der Waals surface area contributed by atoms with E-state index in [-0.39, 0.29) is 43.2 Å². The quantitative estimate of drug-likeness (QED) is 0.257. The van der Waals surface area contributed by atoms with Gasteiger partial charge in [0.05, 0.1) is 25.6 Å². The standard InChI is InChI=1S/C28H33FN8O6/c1-3-23(36-9-8-30-26(28(36)42)31-12-22-16(2)33-43-34-22)27(41)32-21(11-25(39)40)24(38)15-35-13-20-10-19(35)14-37(20)18-6-4-17(29)5-7-18/h4-9,19-21,23H,3,10-15H2,1-2H3,(H,30,31)(H,32,41)(H,39,40). The lowest BCUT2D eigenvalue weighted by Gasteiger charge is -2.35. The molecular weight excluding hydrogens is 563 g/mol. The number of likely N-dealkylation sites (tertiary alicyclic amines) is 1. The highest BCUT2D eigenvalue weighted by molar-refractivity contribution is 5.94. The average Bonchev–Trinajstić information content (AvgIpc) is 3.69. The number of carbonyl (C=O) groups excluding carboxylic acids is 2. The average molecular weight is 597 g/mol. The first kappa shape index (κ1) is 29.8. The van der Waals surface area contributed by atoms with Gasteiger partial charge < -0.3 is 20.6 Å². The van der Waals surface area contributed by atoms with Crippen LogP contribution < -0.4 is 21.1 Å². The predicted octanol–water partition coefficient (Wildman–Crippen LogP) is 1.13. The van der Waals surface area contributed by atoms with Crippen LogP contribution in [-0.4, -0.2) is 85.3 Å². The third kappa shape index (κ3) is 6.56. The van der Waals surface area contributed by atoms with Crippen LogP contribution in [0, 0.1) is 12.7 Å². The molecule has 3 N–H and O–H groups in total. The second-order valence-electron chi connectivity index (χ2n) is 10.8. The number of aromatic nitrogens is 4. The van der Waals surface area contributed by atoms with Crippen molar-refractivity contribution in [2.45, 2.75) is 63.8 Å². The van der Waals surface area contributed by atoms with E-state index in [4.69, 9.17) is 0 Å². The van der Waals surface area contributed by atoms with E-state index >= 15 is 0 Å². The van der Waals surface area contributed by atoms with Gasteiger partial charge in [-0.3, -0.25) is 28.6 Å². The van der Waals surface area contributed by atoms with E-state index in [1.165, 1.54) is 29.1 Å². The summed E-state index contributed by atoms with van der Waals surface area (Å²) in [7, 11) is 0. The largest absolute Gasteiger partial charge is 0.481 e. The minimum atomic E-state index is -1.27. The number of rotatable bonds is 13.